The third-order valence-electron chi connectivity index (χ3n) is 2.31. The van der Waals surface area contributed by atoms with Crippen LogP contribution in [-0.2, 0) is 6.42 Å². The fourth-order valence-electron chi connectivity index (χ4n) is 1.66. The summed E-state index contributed by atoms with van der Waals surface area (Å²) in [4.78, 5) is 4.07. The van der Waals surface area contributed by atoms with Crippen molar-refractivity contribution in [2.75, 3.05) is 0 Å². The highest BCUT2D eigenvalue weighted by Gasteiger charge is 2.15. The average Bonchev–Trinajstić information content (AvgIpc) is 2.06. The summed E-state index contributed by atoms with van der Waals surface area (Å²) in [7, 11) is 0. The summed E-state index contributed by atoms with van der Waals surface area (Å²) in [6.45, 7) is 0. The number of halogens is 2. The molecule has 2 N–H and O–H groups in total. The SMILES string of the molecule is Cl.Cl.NC1CCCc2ccncc21. The highest BCUT2D eigenvalue weighted by molar-refractivity contribution is 5.85. The van der Waals surface area contributed by atoms with Crippen LogP contribution in [0.3, 0.4) is 0 Å². The van der Waals surface area contributed by atoms with Crippen molar-refractivity contribution in [3.8, 4) is 0 Å². The molecule has 1 atom stereocenters. The number of fused-ring (bicyclic) bond motifs is 1. The molecule has 1 aliphatic carbocycles. The Bertz CT molecular complexity index is 266. The van der Waals surface area contributed by atoms with E-state index in [1.807, 2.05) is 12.4 Å². The monoisotopic (exact) mass is 220 g/mol. The van der Waals surface area contributed by atoms with Gasteiger partial charge in [-0.2, -0.15) is 0 Å². The van der Waals surface area contributed by atoms with E-state index in [1.165, 1.54) is 24.0 Å². The maximum Gasteiger partial charge on any atom is 0.0318 e. The number of aryl methyl sites for hydroxylation is 1. The van der Waals surface area contributed by atoms with E-state index in [9.17, 15) is 0 Å². The maximum absolute atomic E-state index is 5.91. The average molecular weight is 221 g/mol. The van der Waals surface area contributed by atoms with Crippen LogP contribution in [0.1, 0.15) is 30.0 Å². The van der Waals surface area contributed by atoms with E-state index in [-0.39, 0.29) is 30.9 Å². The molecule has 0 spiro atoms. The van der Waals surface area contributed by atoms with Gasteiger partial charge in [-0.25, -0.2) is 0 Å². The van der Waals surface area contributed by atoms with Gasteiger partial charge in [-0.1, -0.05) is 0 Å². The van der Waals surface area contributed by atoms with Crippen molar-refractivity contribution in [3.63, 3.8) is 0 Å². The second kappa shape index (κ2) is 5.43. The van der Waals surface area contributed by atoms with Gasteiger partial charge in [0.15, 0.2) is 0 Å². The van der Waals surface area contributed by atoms with Crippen LogP contribution in [-0.4, -0.2) is 4.98 Å². The van der Waals surface area contributed by atoms with Crippen LogP contribution >= 0.6 is 24.8 Å². The highest BCUT2D eigenvalue weighted by atomic mass is 35.5. The Balaban J connectivity index is 0.000000720. The maximum atomic E-state index is 5.91. The molecule has 0 radical (unpaired) electrons. The molecule has 1 aliphatic rings. The van der Waals surface area contributed by atoms with Crippen molar-refractivity contribution in [2.45, 2.75) is 25.3 Å². The zero-order valence-electron chi connectivity index (χ0n) is 7.27. The molecular formula is C9H14Cl2N2. The lowest BCUT2D eigenvalue weighted by molar-refractivity contribution is 0.568. The van der Waals surface area contributed by atoms with Crippen LogP contribution in [0, 0.1) is 0 Å². The summed E-state index contributed by atoms with van der Waals surface area (Å²) in [5.41, 5.74) is 8.54. The van der Waals surface area contributed by atoms with E-state index in [4.69, 9.17) is 5.73 Å². The third kappa shape index (κ3) is 2.56. The fraction of sp³-hybridized carbons (Fsp3) is 0.444. The van der Waals surface area contributed by atoms with Gasteiger partial charge in [0.1, 0.15) is 0 Å². The Kier molecular flexibility index (Phi) is 5.30. The van der Waals surface area contributed by atoms with Crippen molar-refractivity contribution in [1.29, 1.82) is 0 Å². The first-order valence-corrected chi connectivity index (χ1v) is 4.06. The number of nitrogens with two attached hydrogens (primary N) is 1. The third-order valence-corrected chi connectivity index (χ3v) is 2.31. The van der Waals surface area contributed by atoms with Gasteiger partial charge in [0.2, 0.25) is 0 Å². The van der Waals surface area contributed by atoms with E-state index >= 15 is 0 Å². The predicted molar refractivity (Wildman–Crippen MR) is 58.6 cm³/mol. The molecule has 0 bridgehead atoms. The van der Waals surface area contributed by atoms with E-state index in [2.05, 4.69) is 11.1 Å². The summed E-state index contributed by atoms with van der Waals surface area (Å²) >= 11 is 0. The molecule has 0 fully saturated rings. The van der Waals surface area contributed by atoms with Gasteiger partial charge in [-0.3, -0.25) is 4.98 Å². The number of hydrogen-bond donors (Lipinski definition) is 1. The van der Waals surface area contributed by atoms with Gasteiger partial charge in [-0.05, 0) is 36.5 Å². The van der Waals surface area contributed by atoms with Crippen LogP contribution in [0.15, 0.2) is 18.5 Å². The number of rotatable bonds is 0. The standard InChI is InChI=1S/C9H12N2.2ClH/c10-9-3-1-2-7-4-5-11-6-8(7)9;;/h4-6,9H,1-3,10H2;2*1H. The van der Waals surface area contributed by atoms with E-state index in [0.29, 0.717) is 0 Å². The minimum atomic E-state index is 0. The molecule has 0 saturated heterocycles. The Hall–Kier alpha value is -0.310. The molecule has 0 saturated carbocycles. The van der Waals surface area contributed by atoms with Gasteiger partial charge < -0.3 is 5.73 Å². The Morgan fingerprint density at radius 1 is 1.38 bits per heavy atom. The molecule has 4 heteroatoms. The lowest BCUT2D eigenvalue weighted by Crippen LogP contribution is -2.17. The van der Waals surface area contributed by atoms with Gasteiger partial charge in [-0.15, -0.1) is 24.8 Å². The van der Waals surface area contributed by atoms with E-state index < -0.39 is 0 Å². The zero-order valence-corrected chi connectivity index (χ0v) is 8.90. The molecular weight excluding hydrogens is 207 g/mol. The molecule has 2 rings (SSSR count). The largest absolute Gasteiger partial charge is 0.324 e. The smallest absolute Gasteiger partial charge is 0.0318 e. The number of pyridine rings is 1. The molecule has 0 amide bonds. The lowest BCUT2D eigenvalue weighted by Gasteiger charge is -2.20. The van der Waals surface area contributed by atoms with Gasteiger partial charge in [0.25, 0.3) is 0 Å². The quantitative estimate of drug-likeness (QED) is 0.729. The van der Waals surface area contributed by atoms with Gasteiger partial charge in [0.05, 0.1) is 0 Å². The lowest BCUT2D eigenvalue weighted by atomic mass is 9.90. The highest BCUT2D eigenvalue weighted by Crippen LogP contribution is 2.26. The topological polar surface area (TPSA) is 38.9 Å². The summed E-state index contributed by atoms with van der Waals surface area (Å²) in [5.74, 6) is 0. The summed E-state index contributed by atoms with van der Waals surface area (Å²) < 4.78 is 0. The van der Waals surface area contributed by atoms with Crippen molar-refractivity contribution in [2.24, 2.45) is 5.73 Å². The number of aromatic nitrogens is 1. The van der Waals surface area contributed by atoms with Crippen molar-refractivity contribution in [3.05, 3.63) is 29.6 Å². The molecule has 1 heterocycles. The summed E-state index contributed by atoms with van der Waals surface area (Å²) in [6, 6.07) is 2.31. The normalized spacial score (nSPS) is 19.3. The van der Waals surface area contributed by atoms with Gasteiger partial charge in [0, 0.05) is 18.4 Å². The van der Waals surface area contributed by atoms with Crippen molar-refractivity contribution < 1.29 is 0 Å². The second-order valence-corrected chi connectivity index (χ2v) is 3.07. The minimum Gasteiger partial charge on any atom is -0.324 e. The van der Waals surface area contributed by atoms with E-state index in [1.54, 1.807) is 0 Å². The van der Waals surface area contributed by atoms with E-state index in [0.717, 1.165) is 6.42 Å². The summed E-state index contributed by atoms with van der Waals surface area (Å²) in [5, 5.41) is 0. The number of hydrogen-bond acceptors (Lipinski definition) is 2. The summed E-state index contributed by atoms with van der Waals surface area (Å²) in [6.07, 6.45) is 7.25. The minimum absolute atomic E-state index is 0. The molecule has 0 aromatic carbocycles. The first kappa shape index (κ1) is 12.7. The van der Waals surface area contributed by atoms with Crippen LogP contribution < -0.4 is 5.73 Å². The fourth-order valence-corrected chi connectivity index (χ4v) is 1.66. The predicted octanol–water partition coefficient (Wildman–Crippen LogP) is 2.26. The van der Waals surface area contributed by atoms with Crippen LogP contribution in [0.2, 0.25) is 0 Å². The molecule has 1 aromatic heterocycles. The molecule has 0 aliphatic heterocycles. The first-order valence-electron chi connectivity index (χ1n) is 4.06. The molecule has 1 unspecified atom stereocenters. The van der Waals surface area contributed by atoms with Crippen LogP contribution in [0.4, 0.5) is 0 Å². The number of nitrogens with zero attached hydrogens (tertiary/aromatic N) is 1. The van der Waals surface area contributed by atoms with Crippen LogP contribution in [0.25, 0.3) is 0 Å². The Morgan fingerprint density at radius 3 is 2.85 bits per heavy atom. The van der Waals surface area contributed by atoms with Crippen LogP contribution in [0.5, 0.6) is 0 Å². The van der Waals surface area contributed by atoms with Crippen molar-refractivity contribution in [1.82, 2.24) is 4.98 Å². The first-order chi connectivity index (χ1) is 5.38. The molecule has 1 aromatic rings. The zero-order chi connectivity index (χ0) is 7.68. The molecule has 2 nitrogen and oxygen atoms in total. The van der Waals surface area contributed by atoms with Crippen molar-refractivity contribution >= 4 is 24.8 Å². The molecule has 74 valence electrons. The second-order valence-electron chi connectivity index (χ2n) is 3.07. The van der Waals surface area contributed by atoms with Gasteiger partial charge >= 0.3 is 0 Å². The molecule has 13 heavy (non-hydrogen) atoms. The Labute approximate surface area is 90.8 Å². The Morgan fingerprint density at radius 2 is 2.15 bits per heavy atom.